The summed E-state index contributed by atoms with van der Waals surface area (Å²) in [5.41, 5.74) is 0. The van der Waals surface area contributed by atoms with Crippen molar-refractivity contribution in [3.05, 3.63) is 11.7 Å². The average Bonchev–Trinajstić information content (AvgIpc) is 2.77. The largest absolute Gasteiger partial charge is 0.393 e. The molecule has 0 radical (unpaired) electrons. The molecule has 0 aliphatic carbocycles. The molecular formula is C12H20N2O3S. The Balaban J connectivity index is 1.89. The number of hydrogen-bond donors (Lipinski definition) is 1. The van der Waals surface area contributed by atoms with Gasteiger partial charge in [0.2, 0.25) is 11.7 Å². The molecule has 1 aliphatic rings. The van der Waals surface area contributed by atoms with Gasteiger partial charge in [-0.3, -0.25) is 0 Å². The second-order valence-electron chi connectivity index (χ2n) is 4.97. The fourth-order valence-corrected chi connectivity index (χ4v) is 2.79. The predicted molar refractivity (Wildman–Crippen MR) is 69.5 cm³/mol. The second kappa shape index (κ2) is 6.54. The molecule has 2 rings (SSSR count). The lowest BCUT2D eigenvalue weighted by Crippen LogP contribution is -2.17. The quantitative estimate of drug-likeness (QED) is 0.882. The summed E-state index contributed by atoms with van der Waals surface area (Å²) < 4.78 is 10.7. The number of thioether (sulfide) groups is 1. The van der Waals surface area contributed by atoms with Gasteiger partial charge in [0.15, 0.2) is 0 Å². The molecule has 1 aromatic heterocycles. The van der Waals surface area contributed by atoms with Crippen LogP contribution in [0.5, 0.6) is 0 Å². The van der Waals surface area contributed by atoms with Gasteiger partial charge in [0.25, 0.3) is 0 Å². The Hall–Kier alpha value is -0.590. The van der Waals surface area contributed by atoms with Crippen LogP contribution in [0.3, 0.4) is 0 Å². The van der Waals surface area contributed by atoms with Gasteiger partial charge in [-0.25, -0.2) is 0 Å². The Labute approximate surface area is 111 Å². The van der Waals surface area contributed by atoms with Crippen LogP contribution in [-0.2, 0) is 11.2 Å². The van der Waals surface area contributed by atoms with Gasteiger partial charge >= 0.3 is 0 Å². The molecule has 2 atom stereocenters. The second-order valence-corrected chi connectivity index (χ2v) is 6.12. The first-order chi connectivity index (χ1) is 8.65. The van der Waals surface area contributed by atoms with Crippen molar-refractivity contribution in [1.29, 1.82) is 0 Å². The molecule has 0 saturated carbocycles. The molecule has 1 fully saturated rings. The molecule has 1 aromatic rings. The molecule has 0 amide bonds. The molecule has 0 bridgehead atoms. The van der Waals surface area contributed by atoms with E-state index in [2.05, 4.69) is 24.0 Å². The standard InChI is InChI=1S/C12H20N2O3S/c1-8(2)5-9(15)6-11-13-12(14-17-11)10-7-18-4-3-16-10/h8-10,15H,3-7H2,1-2H3. The molecule has 2 heterocycles. The molecule has 0 spiro atoms. The van der Waals surface area contributed by atoms with Crippen LogP contribution in [0.4, 0.5) is 0 Å². The first kappa shape index (κ1) is 13.8. The van der Waals surface area contributed by atoms with Gasteiger partial charge < -0.3 is 14.4 Å². The van der Waals surface area contributed by atoms with Crippen LogP contribution >= 0.6 is 11.8 Å². The number of aliphatic hydroxyl groups is 1. The van der Waals surface area contributed by atoms with Crippen LogP contribution in [0.2, 0.25) is 0 Å². The van der Waals surface area contributed by atoms with Gasteiger partial charge in [0.05, 0.1) is 19.1 Å². The monoisotopic (exact) mass is 272 g/mol. The molecular weight excluding hydrogens is 252 g/mol. The number of rotatable bonds is 5. The highest BCUT2D eigenvalue weighted by molar-refractivity contribution is 7.99. The fraction of sp³-hybridized carbons (Fsp3) is 0.833. The van der Waals surface area contributed by atoms with Gasteiger partial charge in [-0.1, -0.05) is 19.0 Å². The molecule has 2 unspecified atom stereocenters. The van der Waals surface area contributed by atoms with Crippen molar-refractivity contribution in [2.45, 2.75) is 38.9 Å². The summed E-state index contributed by atoms with van der Waals surface area (Å²) in [6, 6.07) is 0. The van der Waals surface area contributed by atoms with Crippen molar-refractivity contribution in [2.24, 2.45) is 5.92 Å². The minimum Gasteiger partial charge on any atom is -0.393 e. The molecule has 5 nitrogen and oxygen atoms in total. The van der Waals surface area contributed by atoms with Crippen molar-refractivity contribution in [3.8, 4) is 0 Å². The van der Waals surface area contributed by atoms with Crippen LogP contribution in [0, 0.1) is 5.92 Å². The van der Waals surface area contributed by atoms with E-state index in [1.54, 1.807) is 0 Å². The van der Waals surface area contributed by atoms with E-state index in [1.807, 2.05) is 11.8 Å². The van der Waals surface area contributed by atoms with Crippen LogP contribution in [0.15, 0.2) is 4.52 Å². The van der Waals surface area contributed by atoms with E-state index >= 15 is 0 Å². The molecule has 1 N–H and O–H groups in total. The molecule has 18 heavy (non-hydrogen) atoms. The Morgan fingerprint density at radius 2 is 2.33 bits per heavy atom. The zero-order valence-corrected chi connectivity index (χ0v) is 11.7. The van der Waals surface area contributed by atoms with Crippen LogP contribution in [0.25, 0.3) is 0 Å². The third-order valence-corrected chi connectivity index (χ3v) is 3.74. The highest BCUT2D eigenvalue weighted by atomic mass is 32.2. The van der Waals surface area contributed by atoms with E-state index < -0.39 is 6.10 Å². The SMILES string of the molecule is CC(C)CC(O)Cc1nc(C2CSCCO2)no1. The summed E-state index contributed by atoms with van der Waals surface area (Å²) >= 11 is 1.83. The number of hydrogen-bond acceptors (Lipinski definition) is 6. The maximum Gasteiger partial charge on any atom is 0.229 e. The lowest BCUT2D eigenvalue weighted by Gasteiger charge is -2.18. The normalized spacial score (nSPS) is 22.3. The van der Waals surface area contributed by atoms with Crippen LogP contribution in [-0.4, -0.2) is 39.5 Å². The van der Waals surface area contributed by atoms with Gasteiger partial charge in [-0.2, -0.15) is 16.7 Å². The molecule has 1 saturated heterocycles. The number of nitrogens with zero attached hydrogens (tertiary/aromatic N) is 2. The first-order valence-corrected chi connectivity index (χ1v) is 7.50. The van der Waals surface area contributed by atoms with Crippen molar-refractivity contribution < 1.29 is 14.4 Å². The summed E-state index contributed by atoms with van der Waals surface area (Å²) in [7, 11) is 0. The predicted octanol–water partition coefficient (Wildman–Crippen LogP) is 1.82. The minimum absolute atomic E-state index is 0.0662. The van der Waals surface area contributed by atoms with Gasteiger partial charge in [-0.05, 0) is 12.3 Å². The van der Waals surface area contributed by atoms with Crippen molar-refractivity contribution >= 4 is 11.8 Å². The third kappa shape index (κ3) is 3.96. The van der Waals surface area contributed by atoms with Crippen LogP contribution < -0.4 is 0 Å². The van der Waals surface area contributed by atoms with Gasteiger partial charge in [0.1, 0.15) is 6.10 Å². The summed E-state index contributed by atoms with van der Waals surface area (Å²) in [6.07, 6.45) is 0.682. The molecule has 0 aromatic carbocycles. The van der Waals surface area contributed by atoms with E-state index in [9.17, 15) is 5.11 Å². The molecule has 102 valence electrons. The van der Waals surface area contributed by atoms with Crippen molar-refractivity contribution in [2.75, 3.05) is 18.1 Å². The molecule has 1 aliphatic heterocycles. The Morgan fingerprint density at radius 3 is 3.00 bits per heavy atom. The summed E-state index contributed by atoms with van der Waals surface area (Å²) in [4.78, 5) is 4.31. The highest BCUT2D eigenvalue weighted by Crippen LogP contribution is 2.24. The Bertz CT molecular complexity index is 364. The van der Waals surface area contributed by atoms with E-state index in [1.165, 1.54) is 0 Å². The minimum atomic E-state index is -0.417. The molecule has 6 heteroatoms. The van der Waals surface area contributed by atoms with E-state index in [-0.39, 0.29) is 6.10 Å². The van der Waals surface area contributed by atoms with Crippen molar-refractivity contribution in [3.63, 3.8) is 0 Å². The number of aromatic nitrogens is 2. The number of aliphatic hydroxyl groups excluding tert-OH is 1. The van der Waals surface area contributed by atoms with E-state index in [0.717, 1.165) is 24.5 Å². The summed E-state index contributed by atoms with van der Waals surface area (Å²) in [6.45, 7) is 4.89. The third-order valence-electron chi connectivity index (χ3n) is 2.74. The maximum absolute atomic E-state index is 9.83. The lowest BCUT2D eigenvalue weighted by molar-refractivity contribution is 0.0677. The lowest BCUT2D eigenvalue weighted by atomic mass is 10.0. The first-order valence-electron chi connectivity index (χ1n) is 6.35. The smallest absolute Gasteiger partial charge is 0.229 e. The Morgan fingerprint density at radius 1 is 1.50 bits per heavy atom. The zero-order chi connectivity index (χ0) is 13.0. The van der Waals surface area contributed by atoms with E-state index in [0.29, 0.717) is 24.1 Å². The van der Waals surface area contributed by atoms with E-state index in [4.69, 9.17) is 9.26 Å². The average molecular weight is 272 g/mol. The summed E-state index contributed by atoms with van der Waals surface area (Å²) in [5.74, 6) is 3.45. The Kier molecular flexibility index (Phi) is 5.03. The van der Waals surface area contributed by atoms with Gasteiger partial charge in [0, 0.05) is 11.5 Å². The zero-order valence-electron chi connectivity index (χ0n) is 10.8. The summed E-state index contributed by atoms with van der Waals surface area (Å²) in [5, 5.41) is 13.8. The topological polar surface area (TPSA) is 68.4 Å². The van der Waals surface area contributed by atoms with Gasteiger partial charge in [-0.15, -0.1) is 0 Å². The number of ether oxygens (including phenoxy) is 1. The van der Waals surface area contributed by atoms with Crippen molar-refractivity contribution in [1.82, 2.24) is 10.1 Å². The fourth-order valence-electron chi connectivity index (χ4n) is 1.95. The maximum atomic E-state index is 9.83. The highest BCUT2D eigenvalue weighted by Gasteiger charge is 2.22. The van der Waals surface area contributed by atoms with Crippen LogP contribution in [0.1, 0.15) is 38.1 Å².